The Morgan fingerprint density at radius 2 is 1.74 bits per heavy atom. The summed E-state index contributed by atoms with van der Waals surface area (Å²) in [6.07, 6.45) is 0. The van der Waals surface area contributed by atoms with E-state index in [9.17, 15) is 0 Å². The van der Waals surface area contributed by atoms with Crippen LogP contribution in [0.25, 0.3) is 0 Å². The fourth-order valence-electron chi connectivity index (χ4n) is 1.96. The van der Waals surface area contributed by atoms with Crippen LogP contribution >= 0.6 is 27.7 Å². The van der Waals surface area contributed by atoms with E-state index < -0.39 is 0 Å². The lowest BCUT2D eigenvalue weighted by molar-refractivity contribution is 0.902. The fourth-order valence-corrected chi connectivity index (χ4v) is 3.99. The summed E-state index contributed by atoms with van der Waals surface area (Å²) in [4.78, 5) is 1.37. The maximum Gasteiger partial charge on any atom is 0.0108 e. The molecule has 2 aromatic rings. The highest BCUT2D eigenvalue weighted by Crippen LogP contribution is 2.28. The van der Waals surface area contributed by atoms with Crippen LogP contribution in [0, 0.1) is 13.8 Å². The topological polar surface area (TPSA) is 0 Å². The standard InChI is InChI=1S/C17H19BrS/c1-13-8-9-17(10-14(13)2)19-12-16(11-18)15-6-4-3-5-7-15/h3-10,16H,11-12H2,1-2H3. The van der Waals surface area contributed by atoms with Crippen LogP contribution < -0.4 is 0 Å². The van der Waals surface area contributed by atoms with Crippen molar-refractivity contribution in [3.8, 4) is 0 Å². The Kier molecular flexibility index (Phi) is 5.53. The van der Waals surface area contributed by atoms with Gasteiger partial charge in [-0.2, -0.15) is 0 Å². The van der Waals surface area contributed by atoms with Crippen molar-refractivity contribution in [2.45, 2.75) is 24.7 Å². The van der Waals surface area contributed by atoms with Crippen molar-refractivity contribution in [3.63, 3.8) is 0 Å². The number of benzene rings is 2. The zero-order valence-corrected chi connectivity index (χ0v) is 13.8. The van der Waals surface area contributed by atoms with Crippen molar-refractivity contribution < 1.29 is 0 Å². The van der Waals surface area contributed by atoms with Gasteiger partial charge in [0.1, 0.15) is 0 Å². The summed E-state index contributed by atoms with van der Waals surface area (Å²) in [5, 5.41) is 1.01. The van der Waals surface area contributed by atoms with E-state index in [1.807, 2.05) is 11.8 Å². The third-order valence-corrected chi connectivity index (χ3v) is 5.32. The summed E-state index contributed by atoms with van der Waals surface area (Å²) in [5.41, 5.74) is 4.15. The van der Waals surface area contributed by atoms with Gasteiger partial charge in [-0.15, -0.1) is 11.8 Å². The molecule has 0 heterocycles. The van der Waals surface area contributed by atoms with Crippen molar-refractivity contribution in [3.05, 3.63) is 65.2 Å². The molecule has 0 aromatic heterocycles. The quantitative estimate of drug-likeness (QED) is 0.508. The molecule has 2 rings (SSSR count). The number of hydrogen-bond acceptors (Lipinski definition) is 1. The van der Waals surface area contributed by atoms with Crippen molar-refractivity contribution in [1.29, 1.82) is 0 Å². The van der Waals surface area contributed by atoms with Crippen molar-refractivity contribution in [2.24, 2.45) is 0 Å². The minimum Gasteiger partial charge on any atom is -0.125 e. The van der Waals surface area contributed by atoms with Crippen LogP contribution in [0.15, 0.2) is 53.4 Å². The molecular formula is C17H19BrS. The molecule has 0 bridgehead atoms. The van der Waals surface area contributed by atoms with Gasteiger partial charge in [0.2, 0.25) is 0 Å². The van der Waals surface area contributed by atoms with Crippen molar-refractivity contribution >= 4 is 27.7 Å². The van der Waals surface area contributed by atoms with Crippen LogP contribution in [0.2, 0.25) is 0 Å². The summed E-state index contributed by atoms with van der Waals surface area (Å²) < 4.78 is 0. The van der Waals surface area contributed by atoms with E-state index in [2.05, 4.69) is 78.3 Å². The molecule has 100 valence electrons. The maximum absolute atomic E-state index is 3.64. The lowest BCUT2D eigenvalue weighted by Crippen LogP contribution is -2.03. The molecule has 1 unspecified atom stereocenters. The highest BCUT2D eigenvalue weighted by molar-refractivity contribution is 9.09. The summed E-state index contributed by atoms with van der Waals surface area (Å²) in [6.45, 7) is 4.34. The monoisotopic (exact) mass is 334 g/mol. The molecule has 0 saturated carbocycles. The molecule has 0 spiro atoms. The molecule has 0 fully saturated rings. The smallest absolute Gasteiger partial charge is 0.0108 e. The zero-order valence-electron chi connectivity index (χ0n) is 11.4. The normalized spacial score (nSPS) is 12.4. The minimum atomic E-state index is 0.563. The predicted octanol–water partition coefficient (Wildman–Crippen LogP) is 5.57. The third-order valence-electron chi connectivity index (χ3n) is 3.39. The maximum atomic E-state index is 3.64. The first-order chi connectivity index (χ1) is 9.20. The van der Waals surface area contributed by atoms with Crippen molar-refractivity contribution in [2.75, 3.05) is 11.1 Å². The second kappa shape index (κ2) is 7.16. The molecule has 0 aliphatic rings. The highest BCUT2D eigenvalue weighted by atomic mass is 79.9. The molecule has 0 aliphatic heterocycles. The molecular weight excluding hydrogens is 316 g/mol. The van der Waals surface area contributed by atoms with Crippen LogP contribution in [0.3, 0.4) is 0 Å². The Bertz CT molecular complexity index is 522. The molecule has 0 radical (unpaired) electrons. The molecule has 2 aromatic carbocycles. The largest absolute Gasteiger partial charge is 0.125 e. The lowest BCUT2D eigenvalue weighted by atomic mass is 10.0. The molecule has 0 aliphatic carbocycles. The van der Waals surface area contributed by atoms with Gasteiger partial charge in [0, 0.05) is 21.9 Å². The number of aryl methyl sites for hydroxylation is 2. The van der Waals surface area contributed by atoms with E-state index in [1.54, 1.807) is 0 Å². The Morgan fingerprint density at radius 1 is 1.00 bits per heavy atom. The van der Waals surface area contributed by atoms with Gasteiger partial charge in [0.05, 0.1) is 0 Å². The van der Waals surface area contributed by atoms with Gasteiger partial charge < -0.3 is 0 Å². The molecule has 0 saturated heterocycles. The van der Waals surface area contributed by atoms with Gasteiger partial charge in [-0.25, -0.2) is 0 Å². The predicted molar refractivity (Wildman–Crippen MR) is 89.6 cm³/mol. The second-order valence-electron chi connectivity index (χ2n) is 4.82. The molecule has 1 atom stereocenters. The number of halogens is 1. The fraction of sp³-hybridized carbons (Fsp3) is 0.294. The Labute approximate surface area is 128 Å². The molecule has 19 heavy (non-hydrogen) atoms. The number of thioether (sulfide) groups is 1. The van der Waals surface area contributed by atoms with Crippen LogP contribution in [0.1, 0.15) is 22.6 Å². The second-order valence-corrected chi connectivity index (χ2v) is 6.56. The first-order valence-electron chi connectivity index (χ1n) is 6.51. The average Bonchev–Trinajstić information content (AvgIpc) is 2.44. The molecule has 2 heteroatoms. The highest BCUT2D eigenvalue weighted by Gasteiger charge is 2.10. The Morgan fingerprint density at radius 3 is 2.37 bits per heavy atom. The summed E-state index contributed by atoms with van der Waals surface area (Å²) in [5.74, 6) is 1.67. The van der Waals surface area contributed by atoms with E-state index in [0.29, 0.717) is 5.92 Å². The third kappa shape index (κ3) is 4.12. The number of alkyl halides is 1. The lowest BCUT2D eigenvalue weighted by Gasteiger charge is -2.14. The Hall–Kier alpha value is -0.730. The minimum absolute atomic E-state index is 0.563. The van der Waals surface area contributed by atoms with Crippen LogP contribution in [0.4, 0.5) is 0 Å². The van der Waals surface area contributed by atoms with E-state index in [-0.39, 0.29) is 0 Å². The molecule has 0 N–H and O–H groups in total. The number of rotatable bonds is 5. The SMILES string of the molecule is Cc1ccc(SCC(CBr)c2ccccc2)cc1C. The van der Waals surface area contributed by atoms with Crippen LogP contribution in [-0.2, 0) is 0 Å². The average molecular weight is 335 g/mol. The Balaban J connectivity index is 2.02. The van der Waals surface area contributed by atoms with E-state index in [4.69, 9.17) is 0 Å². The summed E-state index contributed by atoms with van der Waals surface area (Å²) in [6, 6.07) is 17.5. The van der Waals surface area contributed by atoms with Crippen LogP contribution in [-0.4, -0.2) is 11.1 Å². The van der Waals surface area contributed by atoms with E-state index in [0.717, 1.165) is 11.1 Å². The number of hydrogen-bond donors (Lipinski definition) is 0. The van der Waals surface area contributed by atoms with Gasteiger partial charge in [-0.05, 0) is 42.7 Å². The summed E-state index contributed by atoms with van der Waals surface area (Å²) in [7, 11) is 0. The van der Waals surface area contributed by atoms with Gasteiger partial charge >= 0.3 is 0 Å². The summed E-state index contributed by atoms with van der Waals surface area (Å²) >= 11 is 5.58. The van der Waals surface area contributed by atoms with Crippen LogP contribution in [0.5, 0.6) is 0 Å². The molecule has 0 nitrogen and oxygen atoms in total. The van der Waals surface area contributed by atoms with Gasteiger partial charge in [0.15, 0.2) is 0 Å². The van der Waals surface area contributed by atoms with Gasteiger partial charge in [0.25, 0.3) is 0 Å². The van der Waals surface area contributed by atoms with Gasteiger partial charge in [-0.1, -0.05) is 52.3 Å². The van der Waals surface area contributed by atoms with Gasteiger partial charge in [-0.3, -0.25) is 0 Å². The molecule has 0 amide bonds. The van der Waals surface area contributed by atoms with Crippen molar-refractivity contribution in [1.82, 2.24) is 0 Å². The first-order valence-corrected chi connectivity index (χ1v) is 8.62. The van der Waals surface area contributed by atoms with E-state index >= 15 is 0 Å². The first kappa shape index (κ1) is 14.7. The van der Waals surface area contributed by atoms with E-state index in [1.165, 1.54) is 21.6 Å². The zero-order chi connectivity index (χ0) is 13.7.